The molecule has 0 fully saturated rings. The number of anilines is 1. The number of amides is 3. The van der Waals surface area contributed by atoms with Crippen molar-refractivity contribution in [1.82, 2.24) is 9.29 Å². The maximum atomic E-state index is 12.3. The van der Waals surface area contributed by atoms with Crippen LogP contribution in [0.25, 0.3) is 27.6 Å². The Hall–Kier alpha value is -3.96. The van der Waals surface area contributed by atoms with Gasteiger partial charge in [0.1, 0.15) is 0 Å². The van der Waals surface area contributed by atoms with Gasteiger partial charge in [0.15, 0.2) is 0 Å². The van der Waals surface area contributed by atoms with Crippen molar-refractivity contribution < 1.29 is 22.8 Å². The molecule has 0 saturated heterocycles. The van der Waals surface area contributed by atoms with Crippen molar-refractivity contribution in [2.45, 2.75) is 26.2 Å². The molecule has 6 N–H and O–H groups in total. The Kier molecular flexibility index (Phi) is 7.19. The number of benzene rings is 2. The zero-order chi connectivity index (χ0) is 26.9. The van der Waals surface area contributed by atoms with Crippen LogP contribution in [0.3, 0.4) is 0 Å². The molecule has 10 nitrogen and oxygen atoms in total. The van der Waals surface area contributed by atoms with Crippen LogP contribution in [-0.2, 0) is 19.6 Å². The summed E-state index contributed by atoms with van der Waals surface area (Å²) in [6.45, 7) is 2.52. The van der Waals surface area contributed by atoms with E-state index >= 15 is 0 Å². The lowest BCUT2D eigenvalue weighted by molar-refractivity contribution is -0.122. The molecule has 0 aliphatic carbocycles. The van der Waals surface area contributed by atoms with Gasteiger partial charge in [0.05, 0.1) is 17.3 Å². The Balaban J connectivity index is 1.75. The van der Waals surface area contributed by atoms with Crippen LogP contribution in [0.4, 0.5) is 5.69 Å². The van der Waals surface area contributed by atoms with Crippen LogP contribution in [0.1, 0.15) is 40.9 Å². The summed E-state index contributed by atoms with van der Waals surface area (Å²) in [6.07, 6.45) is 3.53. The normalized spacial score (nSPS) is 14.4. The highest BCUT2D eigenvalue weighted by Gasteiger charge is 2.23. The number of hydrogen-bond acceptors (Lipinski definition) is 5. The molecule has 2 heterocycles. The van der Waals surface area contributed by atoms with Crippen LogP contribution < -0.4 is 16.8 Å². The molecule has 0 saturated carbocycles. The van der Waals surface area contributed by atoms with E-state index < -0.39 is 21.8 Å². The fourth-order valence-corrected chi connectivity index (χ4v) is 5.31. The third-order valence-electron chi connectivity index (χ3n) is 6.54. The monoisotopic (exact) mass is 523 g/mol. The predicted molar refractivity (Wildman–Crippen MR) is 143 cm³/mol. The van der Waals surface area contributed by atoms with Crippen molar-refractivity contribution >= 4 is 49.9 Å². The summed E-state index contributed by atoms with van der Waals surface area (Å²) >= 11 is 0. The number of nitrogens with two attached hydrogens (primary N) is 2. The van der Waals surface area contributed by atoms with E-state index in [1.807, 2.05) is 37.3 Å². The molecular formula is C26H29N5O5S. The Morgan fingerprint density at radius 1 is 1.08 bits per heavy atom. The van der Waals surface area contributed by atoms with E-state index in [1.165, 1.54) is 10.6 Å². The number of aromatic nitrogens is 1. The second-order valence-electron chi connectivity index (χ2n) is 9.09. The van der Waals surface area contributed by atoms with Crippen molar-refractivity contribution in [1.29, 1.82) is 0 Å². The summed E-state index contributed by atoms with van der Waals surface area (Å²) in [7, 11) is -3.28. The van der Waals surface area contributed by atoms with E-state index in [0.29, 0.717) is 29.7 Å². The number of carbonyl (C=O) groups is 3. The van der Waals surface area contributed by atoms with Gasteiger partial charge in [-0.15, -0.1) is 0 Å². The number of sulfonamides is 1. The number of nitrogens with zero attached hydrogens (tertiary/aromatic N) is 1. The molecule has 11 heteroatoms. The highest BCUT2D eigenvalue weighted by molar-refractivity contribution is 7.88. The largest absolute Gasteiger partial charge is 0.370 e. The average Bonchev–Trinajstić information content (AvgIpc) is 3.28. The lowest BCUT2D eigenvalue weighted by Gasteiger charge is -2.23. The number of rotatable bonds is 8. The summed E-state index contributed by atoms with van der Waals surface area (Å²) in [5, 5.41) is 3.61. The lowest BCUT2D eigenvalue weighted by Crippen LogP contribution is -2.33. The predicted octanol–water partition coefficient (Wildman–Crippen LogP) is 2.49. The van der Waals surface area contributed by atoms with E-state index in [-0.39, 0.29) is 25.3 Å². The minimum Gasteiger partial charge on any atom is -0.370 e. The molecule has 1 aliphatic rings. The fourth-order valence-electron chi connectivity index (χ4n) is 4.54. The van der Waals surface area contributed by atoms with Gasteiger partial charge in [-0.1, -0.05) is 24.3 Å². The first-order chi connectivity index (χ1) is 17.5. The van der Waals surface area contributed by atoms with E-state index in [4.69, 9.17) is 11.5 Å². The fraction of sp³-hybridized carbons (Fsp3) is 0.269. The number of H-pyrrole nitrogens is 1. The van der Waals surface area contributed by atoms with Crippen LogP contribution in [0.2, 0.25) is 0 Å². The molecule has 3 aromatic rings. The third kappa shape index (κ3) is 5.57. The summed E-state index contributed by atoms with van der Waals surface area (Å²) in [4.78, 5) is 38.8. The third-order valence-corrected chi connectivity index (χ3v) is 7.81. The van der Waals surface area contributed by atoms with Crippen LogP contribution in [0.5, 0.6) is 0 Å². The zero-order valence-electron chi connectivity index (χ0n) is 20.6. The molecule has 1 aromatic heterocycles. The van der Waals surface area contributed by atoms with Crippen molar-refractivity contribution in [3.05, 3.63) is 59.3 Å². The number of hydrogen-bond donors (Lipinski definition) is 4. The number of aromatic amines is 1. The highest BCUT2D eigenvalue weighted by atomic mass is 32.2. The van der Waals surface area contributed by atoms with Crippen LogP contribution >= 0.6 is 0 Å². The molecule has 2 aromatic carbocycles. The Morgan fingerprint density at radius 2 is 1.84 bits per heavy atom. The maximum Gasteiger partial charge on any atom is 0.250 e. The van der Waals surface area contributed by atoms with Gasteiger partial charge in [-0.05, 0) is 53.8 Å². The first-order valence-electron chi connectivity index (χ1n) is 11.7. The van der Waals surface area contributed by atoms with E-state index in [1.54, 1.807) is 12.1 Å². The Morgan fingerprint density at radius 3 is 2.46 bits per heavy atom. The Labute approximate surface area is 214 Å². The second kappa shape index (κ2) is 10.2. The summed E-state index contributed by atoms with van der Waals surface area (Å²) in [6, 6.07) is 10.9. The number of carbonyl (C=O) groups excluding carboxylic acids is 3. The van der Waals surface area contributed by atoms with E-state index in [2.05, 4.69) is 10.3 Å². The molecule has 1 aliphatic heterocycles. The molecule has 37 heavy (non-hydrogen) atoms. The van der Waals surface area contributed by atoms with Gasteiger partial charge in [0, 0.05) is 42.7 Å². The van der Waals surface area contributed by atoms with E-state index in [0.717, 1.165) is 33.3 Å². The van der Waals surface area contributed by atoms with Gasteiger partial charge in [0.25, 0.3) is 5.91 Å². The molecule has 194 valence electrons. The van der Waals surface area contributed by atoms with Crippen molar-refractivity contribution in [3.8, 4) is 11.1 Å². The average molecular weight is 524 g/mol. The number of primary amides is 2. The Bertz CT molecular complexity index is 1550. The van der Waals surface area contributed by atoms with Gasteiger partial charge in [-0.25, -0.2) is 8.42 Å². The minimum atomic E-state index is -3.28. The van der Waals surface area contributed by atoms with Gasteiger partial charge >= 0.3 is 0 Å². The number of nitrogens with one attached hydrogen (secondary N) is 2. The standard InChI is InChI=1S/C26H29N5O5S/c1-15-17(4-3-5-21(15)29-24(33)9-8-23(27)32)18-6-7-19(26(28)34)25-20(18)14-22(30-25)16-10-12-31(13-11-16)37(2,35)36/h3-7,10,14,30H,8-9,11-13H2,1-2H3,(H2,27,32)(H2,28,34)(H,29,33). The van der Waals surface area contributed by atoms with E-state index in [9.17, 15) is 22.8 Å². The SMILES string of the molecule is Cc1c(NC(=O)CCC(N)=O)cccc1-c1ccc(C(N)=O)c2[nH]c(C3=CCN(S(C)(=O)=O)CC3)cc12. The van der Waals surface area contributed by atoms with Crippen LogP contribution in [0, 0.1) is 6.92 Å². The van der Waals surface area contributed by atoms with Gasteiger partial charge < -0.3 is 21.8 Å². The molecule has 0 radical (unpaired) electrons. The topological polar surface area (TPSA) is 168 Å². The molecular weight excluding hydrogens is 494 g/mol. The lowest BCUT2D eigenvalue weighted by atomic mass is 9.94. The van der Waals surface area contributed by atoms with Crippen molar-refractivity contribution in [3.63, 3.8) is 0 Å². The summed E-state index contributed by atoms with van der Waals surface area (Å²) in [5.41, 5.74) is 16.6. The molecule has 0 bridgehead atoms. The first-order valence-corrected chi connectivity index (χ1v) is 13.6. The maximum absolute atomic E-state index is 12.3. The van der Waals surface area contributed by atoms with Crippen LogP contribution in [-0.4, -0.2) is 54.8 Å². The molecule has 4 rings (SSSR count). The van der Waals surface area contributed by atoms with Gasteiger partial charge in [-0.3, -0.25) is 14.4 Å². The molecule has 0 spiro atoms. The smallest absolute Gasteiger partial charge is 0.250 e. The second-order valence-corrected chi connectivity index (χ2v) is 11.1. The van der Waals surface area contributed by atoms with Gasteiger partial charge in [0.2, 0.25) is 21.8 Å². The van der Waals surface area contributed by atoms with Gasteiger partial charge in [-0.2, -0.15) is 4.31 Å². The molecule has 3 amide bonds. The number of fused-ring (bicyclic) bond motifs is 1. The zero-order valence-corrected chi connectivity index (χ0v) is 21.4. The van der Waals surface area contributed by atoms with Crippen molar-refractivity contribution in [2.75, 3.05) is 24.7 Å². The summed E-state index contributed by atoms with van der Waals surface area (Å²) < 4.78 is 25.2. The minimum absolute atomic E-state index is 0.0103. The molecule has 0 atom stereocenters. The first kappa shape index (κ1) is 26.1. The molecule has 0 unspecified atom stereocenters. The highest BCUT2D eigenvalue weighted by Crippen LogP contribution is 2.37. The van der Waals surface area contributed by atoms with Crippen molar-refractivity contribution in [2.24, 2.45) is 11.5 Å². The van der Waals surface area contributed by atoms with Crippen LogP contribution in [0.15, 0.2) is 42.5 Å². The summed E-state index contributed by atoms with van der Waals surface area (Å²) in [5.74, 6) is -1.43. The quantitative estimate of drug-likeness (QED) is 0.355.